The fraction of sp³-hybridized carbons (Fsp3) is 0.727. The van der Waals surface area contributed by atoms with Crippen LogP contribution in [0.1, 0.15) is 75.8 Å². The van der Waals surface area contributed by atoms with Crippen LogP contribution in [-0.2, 0) is 12.8 Å². The van der Waals surface area contributed by atoms with Crippen LogP contribution in [0.15, 0.2) is 18.2 Å². The molecule has 1 saturated carbocycles. The van der Waals surface area contributed by atoms with E-state index in [1.54, 1.807) is 0 Å². The highest BCUT2D eigenvalue weighted by molar-refractivity contribution is 5.41. The van der Waals surface area contributed by atoms with Crippen molar-refractivity contribution in [1.29, 1.82) is 0 Å². The maximum absolute atomic E-state index is 10.1. The molecule has 3 unspecified atom stereocenters. The molecule has 2 N–H and O–H groups in total. The fourth-order valence-corrected chi connectivity index (χ4v) is 4.94. The van der Waals surface area contributed by atoms with Crippen LogP contribution in [0.2, 0.25) is 0 Å². The SMILES string of the molecule is CCCCCCCCC1CCC2Cc3c(O)cccc3CC12.CO. The quantitative estimate of drug-likeness (QED) is 0.648. The molecular formula is C22H36O2. The van der Waals surface area contributed by atoms with Crippen molar-refractivity contribution in [3.8, 4) is 5.75 Å². The molecule has 3 rings (SSSR count). The van der Waals surface area contributed by atoms with Crippen molar-refractivity contribution in [2.24, 2.45) is 17.8 Å². The standard InChI is InChI=1S/C21H32O.CH4O/c1-2-3-4-5-6-7-9-16-12-13-18-15-20-17(14-19(16)18)10-8-11-21(20)22;1-2/h8,10-11,16,18-19,22H,2-7,9,12-15H2,1H3;2H,1H3. The summed E-state index contributed by atoms with van der Waals surface area (Å²) in [6.45, 7) is 2.29. The lowest BCUT2D eigenvalue weighted by atomic mass is 9.73. The molecule has 0 aliphatic heterocycles. The minimum Gasteiger partial charge on any atom is -0.508 e. The molecule has 1 aromatic rings. The third kappa shape index (κ3) is 4.75. The highest BCUT2D eigenvalue weighted by atomic mass is 16.3. The number of benzene rings is 1. The molecule has 0 saturated heterocycles. The number of rotatable bonds is 7. The molecule has 2 aliphatic rings. The predicted octanol–water partition coefficient (Wildman–Crippen LogP) is 5.49. The van der Waals surface area contributed by atoms with E-state index < -0.39 is 0 Å². The van der Waals surface area contributed by atoms with Crippen molar-refractivity contribution in [1.82, 2.24) is 0 Å². The van der Waals surface area contributed by atoms with Crippen LogP contribution >= 0.6 is 0 Å². The van der Waals surface area contributed by atoms with Crippen molar-refractivity contribution in [3.63, 3.8) is 0 Å². The molecule has 0 aromatic heterocycles. The average Bonchev–Trinajstić information content (AvgIpc) is 3.01. The van der Waals surface area contributed by atoms with Gasteiger partial charge in [0.1, 0.15) is 5.75 Å². The minimum atomic E-state index is 0.537. The first-order valence-electron chi connectivity index (χ1n) is 10.0. The summed E-state index contributed by atoms with van der Waals surface area (Å²) in [5.41, 5.74) is 2.68. The summed E-state index contributed by atoms with van der Waals surface area (Å²) in [7, 11) is 1.00. The summed E-state index contributed by atoms with van der Waals surface area (Å²) in [6.07, 6.45) is 15.1. The van der Waals surface area contributed by atoms with Gasteiger partial charge in [-0.2, -0.15) is 0 Å². The number of aliphatic hydroxyl groups is 1. The summed E-state index contributed by atoms with van der Waals surface area (Å²) in [6, 6.07) is 6.12. The van der Waals surface area contributed by atoms with E-state index in [9.17, 15) is 5.11 Å². The zero-order valence-corrected chi connectivity index (χ0v) is 15.6. The Labute approximate surface area is 148 Å². The Morgan fingerprint density at radius 2 is 1.71 bits per heavy atom. The molecule has 2 heteroatoms. The number of phenols is 1. The first-order valence-corrected chi connectivity index (χ1v) is 10.0. The van der Waals surface area contributed by atoms with Gasteiger partial charge in [-0.1, -0.05) is 64.0 Å². The molecule has 0 amide bonds. The molecule has 2 nitrogen and oxygen atoms in total. The van der Waals surface area contributed by atoms with Gasteiger partial charge in [-0.15, -0.1) is 0 Å². The average molecular weight is 333 g/mol. The number of phenolic OH excluding ortho intramolecular Hbond substituents is 1. The lowest BCUT2D eigenvalue weighted by Gasteiger charge is -2.31. The van der Waals surface area contributed by atoms with E-state index in [-0.39, 0.29) is 0 Å². The van der Waals surface area contributed by atoms with Crippen LogP contribution in [0.5, 0.6) is 5.75 Å². The summed E-state index contributed by atoms with van der Waals surface area (Å²) in [5.74, 6) is 3.22. The molecule has 0 bridgehead atoms. The van der Waals surface area contributed by atoms with Gasteiger partial charge in [0.25, 0.3) is 0 Å². The Morgan fingerprint density at radius 1 is 0.958 bits per heavy atom. The third-order valence-corrected chi connectivity index (χ3v) is 6.22. The van der Waals surface area contributed by atoms with Gasteiger partial charge in [0, 0.05) is 7.11 Å². The molecule has 1 aromatic carbocycles. The lowest BCUT2D eigenvalue weighted by molar-refractivity contribution is 0.270. The van der Waals surface area contributed by atoms with Crippen molar-refractivity contribution in [3.05, 3.63) is 29.3 Å². The number of unbranched alkanes of at least 4 members (excludes halogenated alkanes) is 5. The van der Waals surface area contributed by atoms with Gasteiger partial charge < -0.3 is 10.2 Å². The van der Waals surface area contributed by atoms with Gasteiger partial charge in [-0.25, -0.2) is 0 Å². The van der Waals surface area contributed by atoms with Crippen LogP contribution in [0.25, 0.3) is 0 Å². The summed E-state index contributed by atoms with van der Waals surface area (Å²) >= 11 is 0. The normalized spacial score (nSPS) is 24.7. The maximum atomic E-state index is 10.1. The van der Waals surface area contributed by atoms with Crippen molar-refractivity contribution >= 4 is 0 Å². The van der Waals surface area contributed by atoms with Crippen LogP contribution in [-0.4, -0.2) is 17.3 Å². The summed E-state index contributed by atoms with van der Waals surface area (Å²) in [4.78, 5) is 0. The number of fused-ring (bicyclic) bond motifs is 2. The third-order valence-electron chi connectivity index (χ3n) is 6.22. The van der Waals surface area contributed by atoms with E-state index in [1.807, 2.05) is 12.1 Å². The summed E-state index contributed by atoms with van der Waals surface area (Å²) in [5, 5.41) is 17.1. The lowest BCUT2D eigenvalue weighted by Crippen LogP contribution is -2.25. The van der Waals surface area contributed by atoms with Gasteiger partial charge in [-0.3, -0.25) is 0 Å². The Kier molecular flexibility index (Phi) is 8.11. The molecule has 0 radical (unpaired) electrons. The van der Waals surface area contributed by atoms with Crippen molar-refractivity contribution in [2.75, 3.05) is 7.11 Å². The second-order valence-corrected chi connectivity index (χ2v) is 7.64. The fourth-order valence-electron chi connectivity index (χ4n) is 4.94. The van der Waals surface area contributed by atoms with E-state index in [4.69, 9.17) is 5.11 Å². The van der Waals surface area contributed by atoms with E-state index >= 15 is 0 Å². The second kappa shape index (κ2) is 10.1. The number of aromatic hydroxyl groups is 1. The molecule has 1 fully saturated rings. The van der Waals surface area contributed by atoms with E-state index in [0.29, 0.717) is 5.75 Å². The van der Waals surface area contributed by atoms with Crippen molar-refractivity contribution in [2.45, 2.75) is 77.6 Å². The Morgan fingerprint density at radius 3 is 2.50 bits per heavy atom. The first-order chi connectivity index (χ1) is 11.8. The highest BCUT2D eigenvalue weighted by Crippen LogP contribution is 2.48. The number of hydrogen-bond donors (Lipinski definition) is 2. The highest BCUT2D eigenvalue weighted by Gasteiger charge is 2.39. The molecule has 2 aliphatic carbocycles. The molecule has 0 spiro atoms. The topological polar surface area (TPSA) is 40.5 Å². The number of hydrogen-bond acceptors (Lipinski definition) is 2. The Bertz CT molecular complexity index is 483. The Balaban J connectivity index is 0.00000100. The zero-order chi connectivity index (χ0) is 17.4. The van der Waals surface area contributed by atoms with Gasteiger partial charge in [0.05, 0.1) is 0 Å². The predicted molar refractivity (Wildman–Crippen MR) is 101 cm³/mol. The van der Waals surface area contributed by atoms with Crippen LogP contribution in [0, 0.1) is 17.8 Å². The number of aliphatic hydroxyl groups excluding tert-OH is 1. The summed E-state index contributed by atoms with van der Waals surface area (Å²) < 4.78 is 0. The Hall–Kier alpha value is -1.02. The monoisotopic (exact) mass is 332 g/mol. The largest absolute Gasteiger partial charge is 0.508 e. The van der Waals surface area contributed by atoms with Crippen LogP contribution < -0.4 is 0 Å². The van der Waals surface area contributed by atoms with Crippen LogP contribution in [0.4, 0.5) is 0 Å². The maximum Gasteiger partial charge on any atom is 0.119 e. The zero-order valence-electron chi connectivity index (χ0n) is 15.6. The van der Waals surface area contributed by atoms with Gasteiger partial charge in [-0.05, 0) is 60.6 Å². The molecule has 3 atom stereocenters. The van der Waals surface area contributed by atoms with E-state index in [0.717, 1.165) is 31.3 Å². The van der Waals surface area contributed by atoms with E-state index in [1.165, 1.54) is 75.3 Å². The molecular weight excluding hydrogens is 296 g/mol. The smallest absolute Gasteiger partial charge is 0.119 e. The molecule has 24 heavy (non-hydrogen) atoms. The molecule has 0 heterocycles. The first kappa shape index (κ1) is 19.3. The minimum absolute atomic E-state index is 0.537. The second-order valence-electron chi connectivity index (χ2n) is 7.64. The molecule has 136 valence electrons. The van der Waals surface area contributed by atoms with Gasteiger partial charge in [0.2, 0.25) is 0 Å². The van der Waals surface area contributed by atoms with E-state index in [2.05, 4.69) is 13.0 Å². The van der Waals surface area contributed by atoms with Crippen molar-refractivity contribution < 1.29 is 10.2 Å². The van der Waals surface area contributed by atoms with Gasteiger partial charge >= 0.3 is 0 Å². The van der Waals surface area contributed by atoms with Gasteiger partial charge in [0.15, 0.2) is 0 Å². The van der Waals surface area contributed by atoms with Crippen LogP contribution in [0.3, 0.4) is 0 Å².